The monoisotopic (exact) mass is 397 g/mol. The van der Waals surface area contributed by atoms with Crippen LogP contribution in [0.1, 0.15) is 26.3 Å². The summed E-state index contributed by atoms with van der Waals surface area (Å²) < 4.78 is 1.53. The summed E-state index contributed by atoms with van der Waals surface area (Å²) in [6, 6.07) is 6.29. The molecule has 2 aromatic heterocycles. The number of nitrogens with one attached hydrogen (secondary N) is 2. The zero-order chi connectivity index (χ0) is 21.0. The summed E-state index contributed by atoms with van der Waals surface area (Å²) >= 11 is 0. The molecule has 0 atom stereocenters. The topological polar surface area (TPSA) is 82.1 Å². The first-order chi connectivity index (χ1) is 14.0. The zero-order valence-electron chi connectivity index (χ0n) is 18.0. The number of anilines is 3. The van der Waals surface area contributed by atoms with Gasteiger partial charge in [0.15, 0.2) is 5.65 Å². The van der Waals surface area contributed by atoms with Crippen molar-refractivity contribution in [3.05, 3.63) is 40.3 Å². The maximum absolute atomic E-state index is 12.1. The average molecular weight is 398 g/mol. The molecule has 0 aliphatic heterocycles. The van der Waals surface area contributed by atoms with Crippen LogP contribution in [0.2, 0.25) is 0 Å². The van der Waals surface area contributed by atoms with Gasteiger partial charge in [0, 0.05) is 43.8 Å². The molecule has 3 rings (SSSR count). The van der Waals surface area contributed by atoms with E-state index in [9.17, 15) is 4.79 Å². The summed E-state index contributed by atoms with van der Waals surface area (Å²) in [5.41, 5.74) is 3.80. The first kappa shape index (κ1) is 20.9. The Bertz CT molecular complexity index is 1020. The number of aryl methyl sites for hydroxylation is 2. The van der Waals surface area contributed by atoms with Gasteiger partial charge in [0.25, 0.3) is 5.56 Å². The second-order valence-corrected chi connectivity index (χ2v) is 7.22. The lowest BCUT2D eigenvalue weighted by Gasteiger charge is -2.27. The Morgan fingerprint density at radius 3 is 2.62 bits per heavy atom. The number of fused-ring (bicyclic) bond motifs is 1. The molecule has 156 valence electrons. The van der Waals surface area contributed by atoms with Gasteiger partial charge in [-0.1, -0.05) is 6.92 Å². The van der Waals surface area contributed by atoms with Gasteiger partial charge in [0.05, 0.1) is 0 Å². The number of rotatable bonds is 9. The fourth-order valence-corrected chi connectivity index (χ4v) is 3.35. The highest BCUT2D eigenvalue weighted by atomic mass is 16.1. The summed E-state index contributed by atoms with van der Waals surface area (Å²) in [7, 11) is 2.15. The molecule has 3 aromatic rings. The van der Waals surface area contributed by atoms with Crippen LogP contribution in [0.4, 0.5) is 17.3 Å². The second-order valence-electron chi connectivity index (χ2n) is 7.22. The lowest BCUT2D eigenvalue weighted by molar-refractivity contribution is 0.359. The maximum atomic E-state index is 12.1. The van der Waals surface area contributed by atoms with E-state index in [1.54, 1.807) is 6.20 Å². The number of likely N-dealkylation sites (N-methyl/N-ethyl adjacent to an activating group) is 2. The van der Waals surface area contributed by atoms with E-state index in [4.69, 9.17) is 0 Å². The molecule has 0 radical (unpaired) electrons. The zero-order valence-corrected chi connectivity index (χ0v) is 18.0. The van der Waals surface area contributed by atoms with Crippen molar-refractivity contribution in [1.82, 2.24) is 24.6 Å². The number of hydrogen-bond acceptors (Lipinski definition) is 6. The van der Waals surface area contributed by atoms with Crippen molar-refractivity contribution in [2.24, 2.45) is 0 Å². The second kappa shape index (κ2) is 9.09. The van der Waals surface area contributed by atoms with Crippen LogP contribution >= 0.6 is 0 Å². The molecular formula is C21H31N7O. The van der Waals surface area contributed by atoms with Crippen molar-refractivity contribution >= 4 is 28.4 Å². The van der Waals surface area contributed by atoms with Crippen LogP contribution in [-0.4, -0.2) is 57.9 Å². The third-order valence-corrected chi connectivity index (χ3v) is 5.29. The third kappa shape index (κ3) is 4.59. The van der Waals surface area contributed by atoms with Crippen LogP contribution in [0.5, 0.6) is 0 Å². The van der Waals surface area contributed by atoms with Gasteiger partial charge in [0.1, 0.15) is 5.39 Å². The third-order valence-electron chi connectivity index (χ3n) is 5.29. The number of H-pyrrole nitrogens is 1. The molecule has 0 amide bonds. The SMILES string of the molecule is CCN(C)CCN(CC)c1ccc(Nc2ncc3c(=O)n(CC)[nH]c3n2)cc1C. The Labute approximate surface area is 171 Å². The Morgan fingerprint density at radius 2 is 1.97 bits per heavy atom. The van der Waals surface area contributed by atoms with Crippen LogP contribution in [0.15, 0.2) is 29.2 Å². The van der Waals surface area contributed by atoms with Gasteiger partial charge in [-0.15, -0.1) is 0 Å². The molecule has 8 heteroatoms. The molecule has 0 spiro atoms. The van der Waals surface area contributed by atoms with E-state index in [1.165, 1.54) is 15.9 Å². The smallest absolute Gasteiger partial charge is 0.277 e. The van der Waals surface area contributed by atoms with Crippen molar-refractivity contribution in [1.29, 1.82) is 0 Å². The largest absolute Gasteiger partial charge is 0.370 e. The molecule has 0 aliphatic carbocycles. The van der Waals surface area contributed by atoms with Gasteiger partial charge < -0.3 is 15.1 Å². The predicted octanol–water partition coefficient (Wildman–Crippen LogP) is 2.97. The van der Waals surface area contributed by atoms with Crippen LogP contribution in [0.3, 0.4) is 0 Å². The van der Waals surface area contributed by atoms with Crippen molar-refractivity contribution < 1.29 is 0 Å². The fraction of sp³-hybridized carbons (Fsp3) is 0.476. The highest BCUT2D eigenvalue weighted by Crippen LogP contribution is 2.25. The van der Waals surface area contributed by atoms with E-state index in [0.717, 1.165) is 31.9 Å². The standard InChI is InChI=1S/C21H31N7O/c1-6-26(5)11-12-27(7-2)18-10-9-16(13-15(18)4)23-21-22-14-17-19(24-21)25-28(8-3)20(17)29/h9-10,13-14H,6-8,11-12H2,1-5H3,(H2,22,23,24,25). The van der Waals surface area contributed by atoms with Gasteiger partial charge in [-0.25, -0.2) is 4.98 Å². The van der Waals surface area contributed by atoms with E-state index in [0.29, 0.717) is 23.5 Å². The fourth-order valence-electron chi connectivity index (χ4n) is 3.35. The minimum absolute atomic E-state index is 0.0948. The van der Waals surface area contributed by atoms with Crippen LogP contribution in [0.25, 0.3) is 11.0 Å². The number of aromatic amines is 1. The first-order valence-corrected chi connectivity index (χ1v) is 10.2. The molecule has 8 nitrogen and oxygen atoms in total. The van der Waals surface area contributed by atoms with Crippen LogP contribution in [0, 0.1) is 6.92 Å². The molecule has 0 unspecified atom stereocenters. The Kier molecular flexibility index (Phi) is 6.53. The predicted molar refractivity (Wildman–Crippen MR) is 119 cm³/mol. The summed E-state index contributed by atoms with van der Waals surface area (Å²) in [5, 5.41) is 6.76. The van der Waals surface area contributed by atoms with Gasteiger partial charge in [-0.2, -0.15) is 4.98 Å². The van der Waals surface area contributed by atoms with Crippen LogP contribution < -0.4 is 15.8 Å². The van der Waals surface area contributed by atoms with E-state index in [-0.39, 0.29) is 5.56 Å². The molecule has 29 heavy (non-hydrogen) atoms. The molecule has 0 saturated carbocycles. The van der Waals surface area contributed by atoms with Crippen LogP contribution in [-0.2, 0) is 6.54 Å². The summed E-state index contributed by atoms with van der Waals surface area (Å²) in [5.74, 6) is 0.464. The van der Waals surface area contributed by atoms with Crippen molar-refractivity contribution in [2.45, 2.75) is 34.2 Å². The van der Waals surface area contributed by atoms with Gasteiger partial charge in [0.2, 0.25) is 5.95 Å². The normalized spacial score (nSPS) is 11.4. The summed E-state index contributed by atoms with van der Waals surface area (Å²) in [4.78, 5) is 25.6. The van der Waals surface area contributed by atoms with Gasteiger partial charge >= 0.3 is 0 Å². The Balaban J connectivity index is 1.77. The molecule has 2 heterocycles. The maximum Gasteiger partial charge on any atom is 0.277 e. The molecule has 0 fully saturated rings. The molecule has 0 aliphatic rings. The lowest BCUT2D eigenvalue weighted by atomic mass is 10.1. The number of nitrogens with zero attached hydrogens (tertiary/aromatic N) is 5. The van der Waals surface area contributed by atoms with E-state index < -0.39 is 0 Å². The highest BCUT2D eigenvalue weighted by Gasteiger charge is 2.11. The average Bonchev–Trinajstić information content (AvgIpc) is 3.04. The summed E-state index contributed by atoms with van der Waals surface area (Å²) in [6.45, 7) is 13.0. The molecular weight excluding hydrogens is 366 g/mol. The highest BCUT2D eigenvalue weighted by molar-refractivity contribution is 5.74. The van der Waals surface area contributed by atoms with Gasteiger partial charge in [-0.3, -0.25) is 14.6 Å². The number of benzene rings is 1. The van der Waals surface area contributed by atoms with E-state index >= 15 is 0 Å². The Morgan fingerprint density at radius 1 is 1.17 bits per heavy atom. The molecule has 2 N–H and O–H groups in total. The lowest BCUT2D eigenvalue weighted by Crippen LogP contribution is -2.33. The number of aromatic nitrogens is 4. The van der Waals surface area contributed by atoms with Gasteiger partial charge in [-0.05, 0) is 58.1 Å². The van der Waals surface area contributed by atoms with E-state index in [2.05, 4.69) is 70.1 Å². The molecule has 0 bridgehead atoms. The van der Waals surface area contributed by atoms with E-state index in [1.807, 2.05) is 13.0 Å². The van der Waals surface area contributed by atoms with Crippen molar-refractivity contribution in [3.8, 4) is 0 Å². The quantitative estimate of drug-likeness (QED) is 0.578. The first-order valence-electron chi connectivity index (χ1n) is 10.2. The van der Waals surface area contributed by atoms with Crippen molar-refractivity contribution in [2.75, 3.05) is 43.4 Å². The molecule has 1 aromatic carbocycles. The number of hydrogen-bond donors (Lipinski definition) is 2. The summed E-state index contributed by atoms with van der Waals surface area (Å²) in [6.07, 6.45) is 1.57. The minimum Gasteiger partial charge on any atom is -0.370 e. The molecule has 0 saturated heterocycles. The van der Waals surface area contributed by atoms with Crippen molar-refractivity contribution in [3.63, 3.8) is 0 Å². The Hall–Kier alpha value is -2.87. The minimum atomic E-state index is -0.0948.